The molecule has 1 aliphatic heterocycles. The summed E-state index contributed by atoms with van der Waals surface area (Å²) in [6.07, 6.45) is 4.25. The largest absolute Gasteiger partial charge is 0.497 e. The van der Waals surface area contributed by atoms with Gasteiger partial charge in [0.2, 0.25) is 0 Å². The Kier molecular flexibility index (Phi) is 3.04. The fourth-order valence-electron chi connectivity index (χ4n) is 2.95. The number of hydrogen-bond acceptors (Lipinski definition) is 3. The Morgan fingerprint density at radius 2 is 2.28 bits per heavy atom. The van der Waals surface area contributed by atoms with Crippen molar-refractivity contribution in [1.82, 2.24) is 4.90 Å². The van der Waals surface area contributed by atoms with Gasteiger partial charge >= 0.3 is 0 Å². The van der Waals surface area contributed by atoms with Gasteiger partial charge in [-0.05, 0) is 37.0 Å². The lowest BCUT2D eigenvalue weighted by molar-refractivity contribution is 0.0487. The van der Waals surface area contributed by atoms with E-state index >= 15 is 0 Å². The zero-order valence-electron chi connectivity index (χ0n) is 10.9. The van der Waals surface area contributed by atoms with Crippen LogP contribution in [-0.2, 0) is 6.42 Å². The van der Waals surface area contributed by atoms with Crippen molar-refractivity contribution in [1.29, 1.82) is 0 Å². The Bertz CT molecular complexity index is 430. The van der Waals surface area contributed by atoms with Crippen LogP contribution in [0.15, 0.2) is 24.3 Å². The van der Waals surface area contributed by atoms with Crippen molar-refractivity contribution in [3.05, 3.63) is 29.8 Å². The molecule has 0 aromatic heterocycles. The number of rotatable bonds is 4. The summed E-state index contributed by atoms with van der Waals surface area (Å²) in [5, 5.41) is 10.7. The summed E-state index contributed by atoms with van der Waals surface area (Å²) in [5.74, 6) is 0.869. The van der Waals surface area contributed by atoms with E-state index in [-0.39, 0.29) is 0 Å². The van der Waals surface area contributed by atoms with Gasteiger partial charge in [0.15, 0.2) is 0 Å². The highest BCUT2D eigenvalue weighted by atomic mass is 16.5. The van der Waals surface area contributed by atoms with Gasteiger partial charge in [0.25, 0.3) is 0 Å². The van der Waals surface area contributed by atoms with E-state index < -0.39 is 5.60 Å². The van der Waals surface area contributed by atoms with Crippen LogP contribution in [0.1, 0.15) is 24.8 Å². The van der Waals surface area contributed by atoms with Crippen LogP contribution in [0, 0.1) is 0 Å². The number of hydrogen-bond donors (Lipinski definition) is 1. The van der Waals surface area contributed by atoms with Crippen LogP contribution in [0.25, 0.3) is 0 Å². The molecule has 3 rings (SSSR count). The molecular formula is C15H21NO2. The molecule has 1 atom stereocenters. The highest BCUT2D eigenvalue weighted by molar-refractivity contribution is 5.29. The van der Waals surface area contributed by atoms with Crippen molar-refractivity contribution in [2.24, 2.45) is 0 Å². The van der Waals surface area contributed by atoms with E-state index in [1.165, 1.54) is 12.8 Å². The minimum Gasteiger partial charge on any atom is -0.497 e. The summed E-state index contributed by atoms with van der Waals surface area (Å²) in [6, 6.07) is 8.78. The number of likely N-dealkylation sites (tertiary alicyclic amines) is 1. The second-order valence-electron chi connectivity index (χ2n) is 5.70. The second kappa shape index (κ2) is 4.56. The number of methoxy groups -OCH3 is 1. The molecule has 0 spiro atoms. The predicted octanol–water partition coefficient (Wildman–Crippen LogP) is 1.84. The van der Waals surface area contributed by atoms with E-state index in [0.717, 1.165) is 43.3 Å². The first-order valence-corrected chi connectivity index (χ1v) is 6.78. The fraction of sp³-hybridized carbons (Fsp3) is 0.600. The van der Waals surface area contributed by atoms with Gasteiger partial charge in [-0.3, -0.25) is 4.90 Å². The third-order valence-electron chi connectivity index (χ3n) is 4.09. The highest BCUT2D eigenvalue weighted by Gasteiger charge is 2.41. The van der Waals surface area contributed by atoms with Crippen molar-refractivity contribution in [2.75, 3.05) is 20.2 Å². The van der Waals surface area contributed by atoms with E-state index in [9.17, 15) is 5.11 Å². The number of ether oxygens (including phenoxy) is 1. The predicted molar refractivity (Wildman–Crippen MR) is 70.9 cm³/mol. The Morgan fingerprint density at radius 1 is 1.44 bits per heavy atom. The number of benzene rings is 1. The first-order chi connectivity index (χ1) is 8.68. The Labute approximate surface area is 108 Å². The maximum absolute atomic E-state index is 10.7. The Hall–Kier alpha value is -1.06. The number of nitrogens with zero attached hydrogens (tertiary/aromatic N) is 1. The lowest BCUT2D eigenvalue weighted by Gasteiger charge is -2.23. The van der Waals surface area contributed by atoms with Crippen molar-refractivity contribution >= 4 is 0 Å². The van der Waals surface area contributed by atoms with Gasteiger partial charge in [0.1, 0.15) is 5.75 Å². The summed E-state index contributed by atoms with van der Waals surface area (Å²) in [4.78, 5) is 2.44. The normalized spacial score (nSPS) is 28.6. The summed E-state index contributed by atoms with van der Waals surface area (Å²) in [6.45, 7) is 1.88. The first kappa shape index (κ1) is 12.0. The van der Waals surface area contributed by atoms with Gasteiger partial charge in [-0.2, -0.15) is 0 Å². The van der Waals surface area contributed by atoms with Crippen LogP contribution in [-0.4, -0.2) is 41.8 Å². The molecule has 2 aliphatic rings. The van der Waals surface area contributed by atoms with Crippen LogP contribution in [0.5, 0.6) is 5.75 Å². The van der Waals surface area contributed by atoms with Gasteiger partial charge in [-0.15, -0.1) is 0 Å². The van der Waals surface area contributed by atoms with Crippen LogP contribution < -0.4 is 4.74 Å². The smallest absolute Gasteiger partial charge is 0.119 e. The topological polar surface area (TPSA) is 32.7 Å². The molecule has 2 fully saturated rings. The van der Waals surface area contributed by atoms with Crippen molar-refractivity contribution in [2.45, 2.75) is 37.3 Å². The molecular weight excluding hydrogens is 226 g/mol. The third-order valence-corrected chi connectivity index (χ3v) is 4.09. The molecule has 3 nitrogen and oxygen atoms in total. The maximum atomic E-state index is 10.7. The molecule has 0 amide bonds. The van der Waals surface area contributed by atoms with Crippen LogP contribution in [0.3, 0.4) is 0 Å². The zero-order chi connectivity index (χ0) is 12.6. The monoisotopic (exact) mass is 247 g/mol. The van der Waals surface area contributed by atoms with Gasteiger partial charge in [-0.25, -0.2) is 0 Å². The molecule has 0 bridgehead atoms. The number of β-amino-alcohol motifs (C(OH)–C–C–N with tert-alkyl or cyclic N) is 1. The Morgan fingerprint density at radius 3 is 3.00 bits per heavy atom. The molecule has 0 radical (unpaired) electrons. The fourth-order valence-corrected chi connectivity index (χ4v) is 2.95. The third kappa shape index (κ3) is 2.52. The minimum atomic E-state index is -0.547. The van der Waals surface area contributed by atoms with E-state index in [2.05, 4.69) is 11.0 Å². The molecule has 3 heteroatoms. The molecule has 1 aromatic rings. The van der Waals surface area contributed by atoms with Gasteiger partial charge < -0.3 is 9.84 Å². The summed E-state index contributed by atoms with van der Waals surface area (Å²) in [7, 11) is 1.68. The zero-order valence-corrected chi connectivity index (χ0v) is 10.9. The van der Waals surface area contributed by atoms with Gasteiger partial charge in [0, 0.05) is 25.6 Å². The van der Waals surface area contributed by atoms with Crippen molar-refractivity contribution in [3.8, 4) is 5.75 Å². The summed E-state index contributed by atoms with van der Waals surface area (Å²) in [5.41, 5.74) is 0.615. The molecule has 1 saturated carbocycles. The molecule has 1 aromatic carbocycles. The lowest BCUT2D eigenvalue weighted by Crippen LogP contribution is -2.36. The van der Waals surface area contributed by atoms with E-state index in [1.807, 2.05) is 18.2 Å². The molecule has 1 N–H and O–H groups in total. The van der Waals surface area contributed by atoms with E-state index in [1.54, 1.807) is 7.11 Å². The summed E-state index contributed by atoms with van der Waals surface area (Å²) >= 11 is 0. The van der Waals surface area contributed by atoms with Crippen LogP contribution >= 0.6 is 0 Å². The summed E-state index contributed by atoms with van der Waals surface area (Å²) < 4.78 is 5.23. The standard InChI is InChI=1S/C15H21NO2/c1-18-14-4-2-3-12(9-14)10-15(17)7-8-16(11-15)13-5-6-13/h2-4,9,13,17H,5-8,10-11H2,1H3. The highest BCUT2D eigenvalue weighted by Crippen LogP contribution is 2.35. The Balaban J connectivity index is 1.67. The molecule has 1 saturated heterocycles. The molecule has 1 unspecified atom stereocenters. The van der Waals surface area contributed by atoms with Gasteiger partial charge in [-0.1, -0.05) is 12.1 Å². The van der Waals surface area contributed by atoms with E-state index in [4.69, 9.17) is 4.74 Å². The molecule has 1 aliphatic carbocycles. The van der Waals surface area contributed by atoms with Crippen molar-refractivity contribution in [3.63, 3.8) is 0 Å². The average Bonchev–Trinajstić information content (AvgIpc) is 3.14. The lowest BCUT2D eigenvalue weighted by atomic mass is 9.94. The quantitative estimate of drug-likeness (QED) is 0.881. The van der Waals surface area contributed by atoms with Crippen LogP contribution in [0.2, 0.25) is 0 Å². The second-order valence-corrected chi connectivity index (χ2v) is 5.70. The van der Waals surface area contributed by atoms with Gasteiger partial charge in [0.05, 0.1) is 12.7 Å². The minimum absolute atomic E-state index is 0.547. The SMILES string of the molecule is COc1cccc(CC2(O)CCN(C3CC3)C2)c1. The van der Waals surface area contributed by atoms with E-state index in [0.29, 0.717) is 0 Å². The average molecular weight is 247 g/mol. The van der Waals surface area contributed by atoms with Crippen molar-refractivity contribution < 1.29 is 9.84 Å². The maximum Gasteiger partial charge on any atom is 0.119 e. The molecule has 98 valence electrons. The first-order valence-electron chi connectivity index (χ1n) is 6.78. The number of aliphatic hydroxyl groups is 1. The van der Waals surface area contributed by atoms with Crippen LogP contribution in [0.4, 0.5) is 0 Å². The molecule has 1 heterocycles. The molecule has 18 heavy (non-hydrogen) atoms.